The summed E-state index contributed by atoms with van der Waals surface area (Å²) in [5, 5.41) is 0. The van der Waals surface area contributed by atoms with Gasteiger partial charge in [0.05, 0.1) is 40.1 Å². The second-order valence-corrected chi connectivity index (χ2v) is 8.33. The zero-order chi connectivity index (χ0) is 25.5. The Bertz CT molecular complexity index is 1160. The molecule has 0 radical (unpaired) electrons. The van der Waals surface area contributed by atoms with E-state index in [1.54, 1.807) is 0 Å². The molecule has 36 heavy (non-hydrogen) atoms. The molecular weight excluding hydrogens is 462 g/mol. The number of esters is 1. The molecule has 0 bridgehead atoms. The first-order chi connectivity index (χ1) is 17.5. The van der Waals surface area contributed by atoms with Gasteiger partial charge < -0.3 is 23.7 Å². The highest BCUT2D eigenvalue weighted by Gasteiger charge is 2.32. The summed E-state index contributed by atoms with van der Waals surface area (Å²) in [6.45, 7) is 3.98. The lowest BCUT2D eigenvalue weighted by molar-refractivity contribution is -0.153. The molecule has 1 aliphatic heterocycles. The molecule has 1 saturated heterocycles. The van der Waals surface area contributed by atoms with Crippen molar-refractivity contribution in [1.29, 1.82) is 0 Å². The van der Waals surface area contributed by atoms with Crippen LogP contribution in [0.5, 0.6) is 17.8 Å². The van der Waals surface area contributed by atoms with Crippen molar-refractivity contribution in [3.8, 4) is 28.9 Å². The van der Waals surface area contributed by atoms with Crippen molar-refractivity contribution in [3.05, 3.63) is 65.2 Å². The minimum Gasteiger partial charge on any atom is -0.481 e. The van der Waals surface area contributed by atoms with Gasteiger partial charge in [0.1, 0.15) is 12.6 Å². The number of carbonyl (C=O) groups is 1. The monoisotopic (exact) mass is 493 g/mol. The van der Waals surface area contributed by atoms with Crippen LogP contribution in [-0.2, 0) is 27.4 Å². The number of aromatic nitrogens is 2. The van der Waals surface area contributed by atoms with Gasteiger partial charge in [-0.25, -0.2) is 0 Å². The Morgan fingerprint density at radius 1 is 1.03 bits per heavy atom. The molecule has 0 aliphatic carbocycles. The zero-order valence-corrected chi connectivity index (χ0v) is 21.0. The minimum absolute atomic E-state index is 0.142. The van der Waals surface area contributed by atoms with Crippen LogP contribution in [0.4, 0.5) is 0 Å². The lowest BCUT2D eigenvalue weighted by Crippen LogP contribution is -2.49. The highest BCUT2D eigenvalue weighted by Crippen LogP contribution is 2.31. The summed E-state index contributed by atoms with van der Waals surface area (Å²) in [6, 6.07) is 16.0. The molecule has 0 saturated carbocycles. The molecule has 0 N–H and O–H groups in total. The van der Waals surface area contributed by atoms with E-state index in [4.69, 9.17) is 23.7 Å². The topological polar surface area (TPSA) is 92.2 Å². The smallest absolute Gasteiger partial charge is 0.325 e. The summed E-state index contributed by atoms with van der Waals surface area (Å²) >= 11 is 0. The first-order valence-corrected chi connectivity index (χ1v) is 11.7. The number of carbonyl (C=O) groups excluding carboxylic acids is 1. The number of methoxy groups -OCH3 is 3. The molecule has 1 atom stereocenters. The number of nitrogens with zero attached hydrogens (tertiary/aromatic N) is 3. The van der Waals surface area contributed by atoms with Gasteiger partial charge in [-0.2, -0.15) is 9.97 Å². The summed E-state index contributed by atoms with van der Waals surface area (Å²) in [5.41, 5.74) is 5.06. The Morgan fingerprint density at radius 3 is 2.42 bits per heavy atom. The van der Waals surface area contributed by atoms with Crippen LogP contribution in [0.1, 0.15) is 16.7 Å². The maximum absolute atomic E-state index is 12.2. The van der Waals surface area contributed by atoms with E-state index in [2.05, 4.69) is 35.1 Å². The van der Waals surface area contributed by atoms with E-state index < -0.39 is 6.04 Å². The normalized spacial score (nSPS) is 15.8. The maximum Gasteiger partial charge on any atom is 0.325 e. The number of morpholine rings is 1. The number of hydrogen-bond acceptors (Lipinski definition) is 9. The Morgan fingerprint density at radius 2 is 1.75 bits per heavy atom. The van der Waals surface area contributed by atoms with Gasteiger partial charge in [-0.15, -0.1) is 0 Å². The molecule has 4 rings (SSSR count). The predicted octanol–water partition coefficient (Wildman–Crippen LogP) is 3.42. The van der Waals surface area contributed by atoms with Crippen molar-refractivity contribution in [2.45, 2.75) is 26.1 Å². The predicted molar refractivity (Wildman–Crippen MR) is 133 cm³/mol. The van der Waals surface area contributed by atoms with Crippen LogP contribution in [0.15, 0.2) is 48.5 Å². The van der Waals surface area contributed by atoms with E-state index in [9.17, 15) is 4.79 Å². The Labute approximate surface area is 210 Å². The molecule has 9 nitrogen and oxygen atoms in total. The fraction of sp³-hybridized carbons (Fsp3) is 0.370. The lowest BCUT2D eigenvalue weighted by Gasteiger charge is -2.33. The third-order valence-corrected chi connectivity index (χ3v) is 6.26. The average molecular weight is 494 g/mol. The van der Waals surface area contributed by atoms with Crippen molar-refractivity contribution in [2.24, 2.45) is 0 Å². The lowest BCUT2D eigenvalue weighted by atomic mass is 9.97. The Kier molecular flexibility index (Phi) is 8.35. The number of rotatable bonds is 9. The largest absolute Gasteiger partial charge is 0.481 e. The molecule has 1 unspecified atom stereocenters. The molecule has 1 fully saturated rings. The summed E-state index contributed by atoms with van der Waals surface area (Å²) in [4.78, 5) is 23.1. The van der Waals surface area contributed by atoms with Gasteiger partial charge in [-0.1, -0.05) is 48.5 Å². The molecule has 9 heteroatoms. The van der Waals surface area contributed by atoms with Gasteiger partial charge in [-0.3, -0.25) is 9.69 Å². The Hall–Kier alpha value is -3.69. The standard InChI is InChI=1S/C27H31N3O6/c1-18-20(11-8-12-21(18)19-9-6-5-7-10-19)16-36-27-28-24(32-2)22(25(29-27)33-3)15-30-13-14-35-17-23(30)26(31)34-4/h5-12,23H,13-17H2,1-4H3. The van der Waals surface area contributed by atoms with E-state index >= 15 is 0 Å². The van der Waals surface area contributed by atoms with Crippen LogP contribution in [0, 0.1) is 6.92 Å². The fourth-order valence-corrected chi connectivity index (χ4v) is 4.26. The van der Waals surface area contributed by atoms with Crippen molar-refractivity contribution in [1.82, 2.24) is 14.9 Å². The van der Waals surface area contributed by atoms with Crippen molar-refractivity contribution in [3.63, 3.8) is 0 Å². The van der Waals surface area contributed by atoms with E-state index in [-0.39, 0.29) is 25.2 Å². The quantitative estimate of drug-likeness (QED) is 0.416. The van der Waals surface area contributed by atoms with Gasteiger partial charge in [0.25, 0.3) is 0 Å². The zero-order valence-electron chi connectivity index (χ0n) is 21.0. The molecule has 2 heterocycles. The number of benzene rings is 2. The first-order valence-electron chi connectivity index (χ1n) is 11.7. The second kappa shape index (κ2) is 11.8. The van der Waals surface area contributed by atoms with Gasteiger partial charge in [0.15, 0.2) is 0 Å². The molecule has 2 aromatic carbocycles. The van der Waals surface area contributed by atoms with Gasteiger partial charge >= 0.3 is 12.0 Å². The highest BCUT2D eigenvalue weighted by atomic mass is 16.5. The van der Waals surface area contributed by atoms with E-state index in [0.29, 0.717) is 37.0 Å². The van der Waals surface area contributed by atoms with Crippen LogP contribution in [0.2, 0.25) is 0 Å². The molecule has 3 aromatic rings. The van der Waals surface area contributed by atoms with Crippen LogP contribution in [0.3, 0.4) is 0 Å². The fourth-order valence-electron chi connectivity index (χ4n) is 4.26. The molecular formula is C27H31N3O6. The molecule has 0 spiro atoms. The molecule has 1 aliphatic rings. The van der Waals surface area contributed by atoms with Crippen LogP contribution in [0.25, 0.3) is 11.1 Å². The summed E-state index contributed by atoms with van der Waals surface area (Å²) < 4.78 is 27.5. The molecule has 0 amide bonds. The summed E-state index contributed by atoms with van der Waals surface area (Å²) in [7, 11) is 4.42. The third kappa shape index (κ3) is 5.58. The van der Waals surface area contributed by atoms with E-state index in [1.165, 1.54) is 21.3 Å². The summed E-state index contributed by atoms with van der Waals surface area (Å²) in [6.07, 6.45) is 0. The van der Waals surface area contributed by atoms with Gasteiger partial charge in [0, 0.05) is 13.1 Å². The minimum atomic E-state index is -0.533. The average Bonchev–Trinajstić information content (AvgIpc) is 2.93. The number of hydrogen-bond donors (Lipinski definition) is 0. The van der Waals surface area contributed by atoms with Crippen molar-refractivity contribution >= 4 is 5.97 Å². The van der Waals surface area contributed by atoms with Crippen molar-refractivity contribution in [2.75, 3.05) is 41.1 Å². The SMILES string of the molecule is COC(=O)C1COCCN1Cc1c(OC)nc(OCc2cccc(-c3ccccc3)c2C)nc1OC. The maximum atomic E-state index is 12.2. The first kappa shape index (κ1) is 25.4. The Balaban J connectivity index is 1.55. The second-order valence-electron chi connectivity index (χ2n) is 8.33. The van der Waals surface area contributed by atoms with Crippen molar-refractivity contribution < 1.29 is 28.5 Å². The number of ether oxygens (including phenoxy) is 5. The van der Waals surface area contributed by atoms with Crippen LogP contribution < -0.4 is 14.2 Å². The van der Waals surface area contributed by atoms with Gasteiger partial charge in [-0.05, 0) is 29.2 Å². The van der Waals surface area contributed by atoms with Crippen LogP contribution >= 0.6 is 0 Å². The summed E-state index contributed by atoms with van der Waals surface area (Å²) in [5.74, 6) is 0.282. The van der Waals surface area contributed by atoms with Gasteiger partial charge in [0.2, 0.25) is 11.8 Å². The van der Waals surface area contributed by atoms with E-state index in [1.807, 2.05) is 35.2 Å². The molecule has 1 aromatic heterocycles. The third-order valence-electron chi connectivity index (χ3n) is 6.26. The molecule has 190 valence electrons. The highest BCUT2D eigenvalue weighted by molar-refractivity contribution is 5.76. The van der Waals surface area contributed by atoms with Crippen LogP contribution in [-0.4, -0.2) is 68.0 Å². The van der Waals surface area contributed by atoms with E-state index in [0.717, 1.165) is 22.3 Å².